The Bertz CT molecular complexity index is 761. The topological polar surface area (TPSA) is 62.3 Å². The van der Waals surface area contributed by atoms with E-state index >= 15 is 0 Å². The van der Waals surface area contributed by atoms with Crippen molar-refractivity contribution in [1.82, 2.24) is 9.88 Å². The minimum atomic E-state index is -0.608. The second-order valence-electron chi connectivity index (χ2n) is 6.76. The lowest BCUT2D eigenvalue weighted by atomic mass is 9.88. The highest BCUT2D eigenvalue weighted by atomic mass is 16.2. The highest BCUT2D eigenvalue weighted by Gasteiger charge is 2.34. The van der Waals surface area contributed by atoms with E-state index < -0.39 is 11.8 Å². The second kappa shape index (κ2) is 7.47. The van der Waals surface area contributed by atoms with Crippen molar-refractivity contribution in [3.8, 4) is 0 Å². The maximum atomic E-state index is 12.8. The van der Waals surface area contributed by atoms with Gasteiger partial charge < -0.3 is 10.2 Å². The molecule has 0 unspecified atom stereocenters. The summed E-state index contributed by atoms with van der Waals surface area (Å²) < 4.78 is 0. The number of pyridine rings is 1. The monoisotopic (exact) mass is 337 g/mol. The number of aromatic nitrogens is 1. The van der Waals surface area contributed by atoms with E-state index in [1.165, 1.54) is 0 Å². The van der Waals surface area contributed by atoms with Crippen molar-refractivity contribution in [2.24, 2.45) is 5.92 Å². The summed E-state index contributed by atoms with van der Waals surface area (Å²) in [6.45, 7) is 4.68. The summed E-state index contributed by atoms with van der Waals surface area (Å²) >= 11 is 0. The van der Waals surface area contributed by atoms with Crippen molar-refractivity contribution in [2.75, 3.05) is 11.9 Å². The van der Waals surface area contributed by atoms with Crippen LogP contribution in [0.15, 0.2) is 48.8 Å². The van der Waals surface area contributed by atoms with Crippen molar-refractivity contribution >= 4 is 17.5 Å². The zero-order valence-electron chi connectivity index (χ0n) is 14.6. The minimum Gasteiger partial charge on any atom is -0.327 e. The summed E-state index contributed by atoms with van der Waals surface area (Å²) in [5, 5.41) is 2.67. The van der Waals surface area contributed by atoms with Gasteiger partial charge in [0.1, 0.15) is 0 Å². The molecule has 2 amide bonds. The van der Waals surface area contributed by atoms with Gasteiger partial charge in [0.05, 0.1) is 17.9 Å². The van der Waals surface area contributed by atoms with E-state index in [-0.39, 0.29) is 6.04 Å². The SMILES string of the molecule is Cc1cncc(NC(=O)C(=O)N2CC[C@H](C)C[C@@H]2c2ccccc2)c1. The predicted molar refractivity (Wildman–Crippen MR) is 96.9 cm³/mol. The summed E-state index contributed by atoms with van der Waals surface area (Å²) in [5.74, 6) is -0.566. The van der Waals surface area contributed by atoms with Gasteiger partial charge in [0.15, 0.2) is 0 Å². The first-order chi connectivity index (χ1) is 12.0. The Morgan fingerprint density at radius 1 is 1.20 bits per heavy atom. The van der Waals surface area contributed by atoms with Crippen LogP contribution < -0.4 is 5.32 Å². The third kappa shape index (κ3) is 4.05. The number of benzene rings is 1. The van der Waals surface area contributed by atoms with Crippen molar-refractivity contribution in [3.05, 3.63) is 59.9 Å². The zero-order valence-corrected chi connectivity index (χ0v) is 14.6. The molecule has 1 N–H and O–H groups in total. The fourth-order valence-corrected chi connectivity index (χ4v) is 3.31. The number of hydrogen-bond acceptors (Lipinski definition) is 3. The van der Waals surface area contributed by atoms with Crippen LogP contribution >= 0.6 is 0 Å². The van der Waals surface area contributed by atoms with Crippen LogP contribution in [0.25, 0.3) is 0 Å². The second-order valence-corrected chi connectivity index (χ2v) is 6.76. The van der Waals surface area contributed by atoms with Gasteiger partial charge in [-0.05, 0) is 42.9 Å². The summed E-state index contributed by atoms with van der Waals surface area (Å²) in [6, 6.07) is 11.7. The predicted octanol–water partition coefficient (Wildman–Crippen LogP) is 3.33. The number of nitrogens with zero attached hydrogens (tertiary/aromatic N) is 2. The average molecular weight is 337 g/mol. The van der Waals surface area contributed by atoms with Crippen molar-refractivity contribution < 1.29 is 9.59 Å². The first kappa shape index (κ1) is 17.1. The van der Waals surface area contributed by atoms with Crippen LogP contribution in [0.5, 0.6) is 0 Å². The smallest absolute Gasteiger partial charge is 0.313 e. The molecule has 1 aliphatic heterocycles. The molecule has 1 saturated heterocycles. The Morgan fingerprint density at radius 3 is 2.68 bits per heavy atom. The number of amides is 2. The van der Waals surface area contributed by atoms with Gasteiger partial charge in [0, 0.05) is 12.7 Å². The fraction of sp³-hybridized carbons (Fsp3) is 0.350. The number of nitrogens with one attached hydrogen (secondary N) is 1. The van der Waals surface area contributed by atoms with E-state index in [4.69, 9.17) is 0 Å². The maximum Gasteiger partial charge on any atom is 0.313 e. The van der Waals surface area contributed by atoms with Crippen LogP contribution in [-0.4, -0.2) is 28.2 Å². The Kier molecular flexibility index (Phi) is 5.12. The van der Waals surface area contributed by atoms with Gasteiger partial charge in [-0.15, -0.1) is 0 Å². The number of carbonyl (C=O) groups excluding carboxylic acids is 2. The van der Waals surface area contributed by atoms with E-state index in [1.807, 2.05) is 37.3 Å². The van der Waals surface area contributed by atoms with E-state index in [1.54, 1.807) is 23.4 Å². The van der Waals surface area contributed by atoms with E-state index in [9.17, 15) is 9.59 Å². The molecule has 130 valence electrons. The van der Waals surface area contributed by atoms with Crippen LogP contribution in [0.3, 0.4) is 0 Å². The number of aryl methyl sites for hydroxylation is 1. The highest BCUT2D eigenvalue weighted by molar-refractivity contribution is 6.39. The summed E-state index contributed by atoms with van der Waals surface area (Å²) in [5.41, 5.74) is 2.55. The van der Waals surface area contributed by atoms with E-state index in [0.29, 0.717) is 18.2 Å². The summed E-state index contributed by atoms with van der Waals surface area (Å²) in [7, 11) is 0. The number of anilines is 1. The van der Waals surface area contributed by atoms with Gasteiger partial charge >= 0.3 is 11.8 Å². The number of piperidine rings is 1. The Hall–Kier alpha value is -2.69. The molecule has 1 aromatic heterocycles. The standard InChI is InChI=1S/C20H23N3O2/c1-14-8-9-23(18(11-14)16-6-4-3-5-7-16)20(25)19(24)22-17-10-15(2)12-21-13-17/h3-7,10,12-14,18H,8-9,11H2,1-2H3,(H,22,24)/t14-,18+/m0/s1. The van der Waals surface area contributed by atoms with Crippen LogP contribution in [0, 0.1) is 12.8 Å². The molecule has 0 radical (unpaired) electrons. The average Bonchev–Trinajstić information content (AvgIpc) is 2.62. The molecule has 0 bridgehead atoms. The summed E-state index contributed by atoms with van der Waals surface area (Å²) in [6.07, 6.45) is 5.03. The molecule has 0 spiro atoms. The molecule has 5 nitrogen and oxygen atoms in total. The van der Waals surface area contributed by atoms with Crippen LogP contribution in [0.2, 0.25) is 0 Å². The Labute approximate surface area is 148 Å². The van der Waals surface area contributed by atoms with Gasteiger partial charge in [-0.3, -0.25) is 14.6 Å². The molecule has 0 aliphatic carbocycles. The third-order valence-electron chi connectivity index (χ3n) is 4.64. The van der Waals surface area contributed by atoms with E-state index in [2.05, 4.69) is 17.2 Å². The van der Waals surface area contributed by atoms with Crippen molar-refractivity contribution in [3.63, 3.8) is 0 Å². The minimum absolute atomic E-state index is 0.0566. The van der Waals surface area contributed by atoms with Crippen molar-refractivity contribution in [2.45, 2.75) is 32.7 Å². The molecule has 2 heterocycles. The van der Waals surface area contributed by atoms with Gasteiger partial charge in [0.2, 0.25) is 0 Å². The lowest BCUT2D eigenvalue weighted by Gasteiger charge is -2.38. The van der Waals surface area contributed by atoms with Crippen LogP contribution in [0.4, 0.5) is 5.69 Å². The van der Waals surface area contributed by atoms with Crippen LogP contribution in [0.1, 0.15) is 36.9 Å². The van der Waals surface area contributed by atoms with Gasteiger partial charge in [0.25, 0.3) is 0 Å². The molecule has 5 heteroatoms. The number of likely N-dealkylation sites (tertiary alicyclic amines) is 1. The van der Waals surface area contributed by atoms with Gasteiger partial charge in [-0.25, -0.2) is 0 Å². The highest BCUT2D eigenvalue weighted by Crippen LogP contribution is 2.34. The fourth-order valence-electron chi connectivity index (χ4n) is 3.31. The molecule has 3 rings (SSSR count). The van der Waals surface area contributed by atoms with Gasteiger partial charge in [-0.2, -0.15) is 0 Å². The van der Waals surface area contributed by atoms with Crippen molar-refractivity contribution in [1.29, 1.82) is 0 Å². The van der Waals surface area contributed by atoms with Crippen LogP contribution in [-0.2, 0) is 9.59 Å². The number of rotatable bonds is 2. The molecule has 1 aromatic carbocycles. The molecule has 0 saturated carbocycles. The number of hydrogen-bond donors (Lipinski definition) is 1. The van der Waals surface area contributed by atoms with E-state index in [0.717, 1.165) is 24.0 Å². The molecule has 1 aliphatic rings. The largest absolute Gasteiger partial charge is 0.327 e. The Morgan fingerprint density at radius 2 is 1.96 bits per heavy atom. The maximum absolute atomic E-state index is 12.8. The third-order valence-corrected chi connectivity index (χ3v) is 4.64. The zero-order chi connectivity index (χ0) is 17.8. The first-order valence-corrected chi connectivity index (χ1v) is 8.63. The quantitative estimate of drug-likeness (QED) is 0.855. The molecule has 2 atom stereocenters. The lowest BCUT2D eigenvalue weighted by Crippen LogP contribution is -2.45. The Balaban J connectivity index is 1.77. The molecule has 25 heavy (non-hydrogen) atoms. The molecular formula is C20H23N3O2. The molecule has 1 fully saturated rings. The molecule has 2 aromatic rings. The first-order valence-electron chi connectivity index (χ1n) is 8.63. The lowest BCUT2D eigenvalue weighted by molar-refractivity contribution is -0.146. The molecular weight excluding hydrogens is 314 g/mol. The summed E-state index contributed by atoms with van der Waals surface area (Å²) in [4.78, 5) is 31.0. The van der Waals surface area contributed by atoms with Gasteiger partial charge in [-0.1, -0.05) is 37.3 Å². The normalized spacial score (nSPS) is 20.2. The number of carbonyl (C=O) groups is 2.